The summed E-state index contributed by atoms with van der Waals surface area (Å²) in [4.78, 5) is 21.3. The van der Waals surface area contributed by atoms with Crippen LogP contribution in [-0.4, -0.2) is 36.9 Å². The smallest absolute Gasteiger partial charge is 0.478 e. The molecule has 0 unspecified atom stereocenters. The van der Waals surface area contributed by atoms with Crippen LogP contribution < -0.4 is 9.46 Å². The Bertz CT molecular complexity index is 1010. The topological polar surface area (TPSA) is 130 Å². The molecule has 0 saturated heterocycles. The minimum Gasteiger partial charge on any atom is -0.478 e. The summed E-state index contributed by atoms with van der Waals surface area (Å²) in [5.74, 6) is -3.85. The van der Waals surface area contributed by atoms with Crippen LogP contribution in [0.25, 0.3) is 0 Å². The summed E-state index contributed by atoms with van der Waals surface area (Å²) >= 11 is 0.658. The van der Waals surface area contributed by atoms with E-state index in [1.165, 1.54) is 6.92 Å². The minimum absolute atomic E-state index is 0.0765. The van der Waals surface area contributed by atoms with Crippen molar-refractivity contribution < 1.29 is 46.1 Å². The lowest BCUT2D eigenvalue weighted by Gasteiger charge is -2.15. The molecule has 1 heterocycles. The Morgan fingerprint density at radius 1 is 1.15 bits per heavy atom. The zero-order chi connectivity index (χ0) is 20.6. The van der Waals surface area contributed by atoms with Gasteiger partial charge in [0, 0.05) is 4.88 Å². The predicted molar refractivity (Wildman–Crippen MR) is 86.9 cm³/mol. The SMILES string of the molecule is Cc1sc(C(=O)O)cc1S(=O)(=O)Nc1cc(C(=O)O)ccc1OC(F)(F)F. The summed E-state index contributed by atoms with van der Waals surface area (Å²) < 4.78 is 68.0. The van der Waals surface area contributed by atoms with Crippen LogP contribution in [-0.2, 0) is 10.0 Å². The maximum atomic E-state index is 12.5. The number of sulfonamides is 1. The van der Waals surface area contributed by atoms with Crippen LogP contribution in [0.4, 0.5) is 18.9 Å². The molecule has 0 aliphatic heterocycles. The zero-order valence-corrected chi connectivity index (χ0v) is 14.8. The number of halogens is 3. The highest BCUT2D eigenvalue weighted by molar-refractivity contribution is 7.93. The van der Waals surface area contributed by atoms with E-state index in [0.717, 1.165) is 12.1 Å². The first kappa shape index (κ1) is 20.5. The van der Waals surface area contributed by atoms with Crippen LogP contribution in [0.3, 0.4) is 0 Å². The lowest BCUT2D eigenvalue weighted by Crippen LogP contribution is -2.20. The van der Waals surface area contributed by atoms with Gasteiger partial charge in [0.25, 0.3) is 10.0 Å². The standard InChI is InChI=1S/C14H10F3NO7S2/c1-6-11(5-10(26-6)13(21)22)27(23,24)18-8-4-7(12(19)20)2-3-9(8)25-14(15,16)17/h2-5,18H,1H3,(H,19,20)(H,21,22). The molecule has 0 aliphatic rings. The van der Waals surface area contributed by atoms with Gasteiger partial charge in [-0.15, -0.1) is 24.5 Å². The third kappa shape index (κ3) is 4.89. The number of anilines is 1. The lowest BCUT2D eigenvalue weighted by molar-refractivity contribution is -0.274. The molecule has 3 N–H and O–H groups in total. The summed E-state index contributed by atoms with van der Waals surface area (Å²) in [7, 11) is -4.52. The van der Waals surface area contributed by atoms with Gasteiger partial charge in [0.15, 0.2) is 5.75 Å². The highest BCUT2D eigenvalue weighted by Crippen LogP contribution is 2.34. The van der Waals surface area contributed by atoms with E-state index in [0.29, 0.717) is 23.5 Å². The Morgan fingerprint density at radius 2 is 1.78 bits per heavy atom. The fraction of sp³-hybridized carbons (Fsp3) is 0.143. The molecule has 0 saturated carbocycles. The summed E-state index contributed by atoms with van der Waals surface area (Å²) in [5, 5.41) is 17.9. The van der Waals surface area contributed by atoms with Crippen molar-refractivity contribution in [3.63, 3.8) is 0 Å². The van der Waals surface area contributed by atoms with Crippen LogP contribution in [0.15, 0.2) is 29.2 Å². The van der Waals surface area contributed by atoms with Gasteiger partial charge in [-0.1, -0.05) is 0 Å². The first-order valence-corrected chi connectivity index (χ1v) is 9.10. The minimum atomic E-state index is -5.15. The molecule has 0 radical (unpaired) electrons. The molecular formula is C14H10F3NO7S2. The Labute approximate surface area is 153 Å². The highest BCUT2D eigenvalue weighted by atomic mass is 32.2. The number of carboxylic acid groups (broad SMARTS) is 2. The van der Waals surface area contributed by atoms with Crippen molar-refractivity contribution in [2.24, 2.45) is 0 Å². The molecule has 2 rings (SSSR count). The number of carboxylic acids is 2. The molecule has 1 aromatic heterocycles. The van der Waals surface area contributed by atoms with E-state index in [1.807, 2.05) is 4.72 Å². The zero-order valence-electron chi connectivity index (χ0n) is 13.2. The molecule has 27 heavy (non-hydrogen) atoms. The second-order valence-electron chi connectivity index (χ2n) is 5.01. The van der Waals surface area contributed by atoms with Crippen molar-refractivity contribution in [3.8, 4) is 5.75 Å². The number of ether oxygens (including phenoxy) is 1. The van der Waals surface area contributed by atoms with E-state index in [-0.39, 0.29) is 9.75 Å². The quantitative estimate of drug-likeness (QED) is 0.648. The molecule has 0 amide bonds. The molecule has 0 fully saturated rings. The van der Waals surface area contributed by atoms with Crippen LogP contribution >= 0.6 is 11.3 Å². The van der Waals surface area contributed by atoms with Crippen molar-refractivity contribution in [1.82, 2.24) is 0 Å². The normalized spacial score (nSPS) is 11.9. The fourth-order valence-electron chi connectivity index (χ4n) is 1.99. The monoisotopic (exact) mass is 425 g/mol. The Kier molecular flexibility index (Phi) is 5.37. The first-order chi connectivity index (χ1) is 12.3. The molecule has 0 atom stereocenters. The molecule has 0 bridgehead atoms. The number of hydrogen-bond acceptors (Lipinski definition) is 6. The van der Waals surface area contributed by atoms with E-state index >= 15 is 0 Å². The summed E-state index contributed by atoms with van der Waals surface area (Å²) in [5.41, 5.74) is -1.26. The Balaban J connectivity index is 2.51. The molecule has 2 aromatic rings. The van der Waals surface area contributed by atoms with Crippen LogP contribution in [0.2, 0.25) is 0 Å². The maximum absolute atomic E-state index is 12.5. The van der Waals surface area contributed by atoms with E-state index in [1.54, 1.807) is 0 Å². The first-order valence-electron chi connectivity index (χ1n) is 6.80. The van der Waals surface area contributed by atoms with Gasteiger partial charge in [0.05, 0.1) is 11.3 Å². The number of carbonyl (C=O) groups is 2. The number of rotatable bonds is 6. The molecule has 13 heteroatoms. The van der Waals surface area contributed by atoms with Crippen LogP contribution in [0.5, 0.6) is 5.75 Å². The third-order valence-corrected chi connectivity index (χ3v) is 5.73. The summed E-state index contributed by atoms with van der Waals surface area (Å²) in [6.45, 7) is 1.31. The number of thiophene rings is 1. The van der Waals surface area contributed by atoms with Crippen molar-refractivity contribution in [3.05, 3.63) is 39.6 Å². The number of aromatic carboxylic acids is 2. The number of benzene rings is 1. The second kappa shape index (κ2) is 7.08. The predicted octanol–water partition coefficient (Wildman–Crippen LogP) is 3.15. The molecule has 0 aliphatic carbocycles. The second-order valence-corrected chi connectivity index (χ2v) is 7.91. The lowest BCUT2D eigenvalue weighted by atomic mass is 10.2. The van der Waals surface area contributed by atoms with Gasteiger partial charge in [0.1, 0.15) is 9.77 Å². The van der Waals surface area contributed by atoms with Gasteiger partial charge >= 0.3 is 18.3 Å². The molecule has 8 nitrogen and oxygen atoms in total. The van der Waals surface area contributed by atoms with E-state index in [9.17, 15) is 31.2 Å². The number of nitrogens with one attached hydrogen (secondary N) is 1. The molecule has 146 valence electrons. The van der Waals surface area contributed by atoms with Gasteiger partial charge in [-0.25, -0.2) is 18.0 Å². The summed E-state index contributed by atoms with van der Waals surface area (Å²) in [6.07, 6.45) is -5.15. The third-order valence-electron chi connectivity index (χ3n) is 3.07. The van der Waals surface area contributed by atoms with Gasteiger partial charge in [-0.2, -0.15) is 0 Å². The number of alkyl halides is 3. The van der Waals surface area contributed by atoms with Gasteiger partial charge in [-0.05, 0) is 31.2 Å². The van der Waals surface area contributed by atoms with Crippen molar-refractivity contribution in [2.75, 3.05) is 4.72 Å². The largest absolute Gasteiger partial charge is 0.573 e. The average Bonchev–Trinajstić information content (AvgIpc) is 2.90. The Morgan fingerprint density at radius 3 is 2.26 bits per heavy atom. The van der Waals surface area contributed by atoms with E-state index in [2.05, 4.69) is 4.74 Å². The van der Waals surface area contributed by atoms with Crippen LogP contribution in [0.1, 0.15) is 24.9 Å². The highest BCUT2D eigenvalue weighted by Gasteiger charge is 2.33. The molecular weight excluding hydrogens is 415 g/mol. The molecule has 0 spiro atoms. The van der Waals surface area contributed by atoms with Crippen molar-refractivity contribution >= 4 is 39.0 Å². The van der Waals surface area contributed by atoms with E-state index < -0.39 is 50.2 Å². The Hall–Kier alpha value is -2.80. The molecule has 1 aromatic carbocycles. The number of aryl methyl sites for hydroxylation is 1. The van der Waals surface area contributed by atoms with Gasteiger partial charge < -0.3 is 14.9 Å². The number of hydrogen-bond donors (Lipinski definition) is 3. The van der Waals surface area contributed by atoms with Gasteiger partial charge in [0.2, 0.25) is 0 Å². The van der Waals surface area contributed by atoms with Crippen molar-refractivity contribution in [1.29, 1.82) is 0 Å². The average molecular weight is 425 g/mol. The van der Waals surface area contributed by atoms with Crippen molar-refractivity contribution in [2.45, 2.75) is 18.2 Å². The fourth-order valence-corrected chi connectivity index (χ4v) is 4.49. The maximum Gasteiger partial charge on any atom is 0.573 e. The van der Waals surface area contributed by atoms with Crippen LogP contribution in [0, 0.1) is 6.92 Å². The summed E-state index contributed by atoms with van der Waals surface area (Å²) in [6, 6.07) is 2.95. The van der Waals surface area contributed by atoms with Gasteiger partial charge in [-0.3, -0.25) is 4.72 Å². The van der Waals surface area contributed by atoms with E-state index in [4.69, 9.17) is 10.2 Å².